The number of ether oxygens (including phenoxy) is 3. The van der Waals surface area contributed by atoms with Crippen molar-refractivity contribution >= 4 is 17.9 Å². The van der Waals surface area contributed by atoms with Crippen molar-refractivity contribution in [2.24, 2.45) is 0 Å². The molecule has 0 spiro atoms. The van der Waals surface area contributed by atoms with Crippen LogP contribution in [0.5, 0.6) is 17.2 Å². The molecule has 35 heavy (non-hydrogen) atoms. The van der Waals surface area contributed by atoms with Crippen LogP contribution in [0.25, 0.3) is 0 Å². The molecule has 9 heteroatoms. The largest absolute Gasteiger partial charge is 0.426 e. The molecule has 0 saturated carbocycles. The van der Waals surface area contributed by atoms with Crippen LogP contribution in [0, 0.1) is 17.5 Å². The van der Waals surface area contributed by atoms with E-state index in [0.717, 1.165) is 43.3 Å². The van der Waals surface area contributed by atoms with E-state index in [0.29, 0.717) is 0 Å². The third-order valence-corrected chi connectivity index (χ3v) is 4.77. The summed E-state index contributed by atoms with van der Waals surface area (Å²) in [6.45, 7) is 3.50. The van der Waals surface area contributed by atoms with Gasteiger partial charge in [-0.25, -0.2) is 13.2 Å². The van der Waals surface area contributed by atoms with Gasteiger partial charge in [-0.15, -0.1) is 0 Å². The summed E-state index contributed by atoms with van der Waals surface area (Å²) in [7, 11) is 0. The fourth-order valence-corrected chi connectivity index (χ4v) is 3.54. The molecular formula is C26H21F3O6. The average molecular weight is 486 g/mol. The Morgan fingerprint density at radius 1 is 0.571 bits per heavy atom. The lowest BCUT2D eigenvalue weighted by Gasteiger charge is -2.17. The second-order valence-electron chi connectivity index (χ2n) is 7.69. The SMILES string of the molecule is CC(=O)Oc1ccc(F)cc1Cc1cc(F)cc(Cc2cc(F)ccc2OC(C)=O)c1OC(C)=O. The number of hydrogen-bond acceptors (Lipinski definition) is 6. The number of rotatable bonds is 7. The Morgan fingerprint density at radius 3 is 1.31 bits per heavy atom. The van der Waals surface area contributed by atoms with Crippen LogP contribution >= 0.6 is 0 Å². The molecule has 3 rings (SSSR count). The summed E-state index contributed by atoms with van der Waals surface area (Å²) in [4.78, 5) is 34.8. The van der Waals surface area contributed by atoms with E-state index in [1.54, 1.807) is 0 Å². The van der Waals surface area contributed by atoms with Crippen LogP contribution in [0.1, 0.15) is 43.0 Å². The minimum absolute atomic E-state index is 0.0324. The highest BCUT2D eigenvalue weighted by Gasteiger charge is 2.20. The van der Waals surface area contributed by atoms with Gasteiger partial charge in [0.15, 0.2) is 0 Å². The average Bonchev–Trinajstić information content (AvgIpc) is 2.73. The van der Waals surface area contributed by atoms with E-state index in [2.05, 4.69) is 0 Å². The van der Waals surface area contributed by atoms with E-state index in [-0.39, 0.29) is 52.3 Å². The van der Waals surface area contributed by atoms with Crippen LogP contribution in [0.3, 0.4) is 0 Å². The van der Waals surface area contributed by atoms with Crippen molar-refractivity contribution in [1.82, 2.24) is 0 Å². The molecule has 0 bridgehead atoms. The lowest BCUT2D eigenvalue weighted by Crippen LogP contribution is -2.10. The third-order valence-electron chi connectivity index (χ3n) is 4.77. The highest BCUT2D eigenvalue weighted by atomic mass is 19.1. The molecule has 0 aromatic heterocycles. The summed E-state index contributed by atoms with van der Waals surface area (Å²) in [5.74, 6) is -3.85. The van der Waals surface area contributed by atoms with E-state index < -0.39 is 35.4 Å². The molecule has 0 atom stereocenters. The molecule has 0 aliphatic carbocycles. The van der Waals surface area contributed by atoms with Gasteiger partial charge in [0.1, 0.15) is 34.7 Å². The molecule has 3 aromatic rings. The third kappa shape index (κ3) is 6.92. The summed E-state index contributed by atoms with van der Waals surface area (Å²) in [6, 6.07) is 9.16. The maximum absolute atomic E-state index is 14.7. The summed E-state index contributed by atoms with van der Waals surface area (Å²) in [5.41, 5.74) is 0.715. The van der Waals surface area contributed by atoms with Gasteiger partial charge < -0.3 is 14.2 Å². The molecule has 182 valence electrons. The number of hydrogen-bond donors (Lipinski definition) is 0. The van der Waals surface area contributed by atoms with Gasteiger partial charge in [0.05, 0.1) is 0 Å². The zero-order valence-electron chi connectivity index (χ0n) is 19.1. The number of esters is 3. The van der Waals surface area contributed by atoms with Crippen LogP contribution in [0.2, 0.25) is 0 Å². The Hall–Kier alpha value is -4.14. The number of carbonyl (C=O) groups is 3. The molecule has 6 nitrogen and oxygen atoms in total. The zero-order valence-corrected chi connectivity index (χ0v) is 19.1. The topological polar surface area (TPSA) is 78.9 Å². The molecule has 0 amide bonds. The highest BCUT2D eigenvalue weighted by Crippen LogP contribution is 2.34. The van der Waals surface area contributed by atoms with Crippen molar-refractivity contribution in [2.75, 3.05) is 0 Å². The van der Waals surface area contributed by atoms with Crippen LogP contribution in [-0.2, 0) is 27.2 Å². The first-order chi connectivity index (χ1) is 16.5. The first-order valence-electron chi connectivity index (χ1n) is 10.4. The molecule has 3 aromatic carbocycles. The van der Waals surface area contributed by atoms with Crippen molar-refractivity contribution in [1.29, 1.82) is 0 Å². The summed E-state index contributed by atoms with van der Waals surface area (Å²) in [6.07, 6.45) is -0.318. The number of carbonyl (C=O) groups excluding carboxylic acids is 3. The zero-order chi connectivity index (χ0) is 25.7. The molecule has 0 heterocycles. The summed E-state index contributed by atoms with van der Waals surface area (Å²) in [5, 5.41) is 0. The molecule has 0 unspecified atom stereocenters. The first-order valence-corrected chi connectivity index (χ1v) is 10.4. The quantitative estimate of drug-likeness (QED) is 0.343. The standard InChI is InChI=1S/C26H21F3O6/c1-14(30)33-24-6-4-21(27)10-17(24)8-19-12-23(29)13-20(26(19)35-16(3)32)9-18-11-22(28)5-7-25(18)34-15(2)31/h4-7,10-13H,8-9H2,1-3H3. The lowest BCUT2D eigenvalue weighted by molar-refractivity contribution is -0.132. The van der Waals surface area contributed by atoms with Crippen LogP contribution in [0.4, 0.5) is 13.2 Å². The van der Waals surface area contributed by atoms with Crippen molar-refractivity contribution in [3.8, 4) is 17.2 Å². The van der Waals surface area contributed by atoms with Gasteiger partial charge in [-0.2, -0.15) is 0 Å². The normalized spacial score (nSPS) is 10.6. The molecule has 0 aliphatic heterocycles. The highest BCUT2D eigenvalue weighted by molar-refractivity contribution is 5.72. The number of benzene rings is 3. The van der Waals surface area contributed by atoms with Crippen molar-refractivity contribution in [2.45, 2.75) is 33.6 Å². The maximum Gasteiger partial charge on any atom is 0.308 e. The molecule has 0 saturated heterocycles. The predicted octanol–water partition coefficient (Wildman–Crippen LogP) is 5.06. The fourth-order valence-electron chi connectivity index (χ4n) is 3.54. The fraction of sp³-hybridized carbons (Fsp3) is 0.192. The van der Waals surface area contributed by atoms with Gasteiger partial charge in [0.25, 0.3) is 0 Å². The second-order valence-corrected chi connectivity index (χ2v) is 7.69. The number of halogens is 3. The molecule has 0 radical (unpaired) electrons. The van der Waals surface area contributed by atoms with E-state index in [1.165, 1.54) is 26.0 Å². The molecule has 0 N–H and O–H groups in total. The van der Waals surface area contributed by atoms with Gasteiger partial charge in [-0.1, -0.05) is 0 Å². The molecular weight excluding hydrogens is 465 g/mol. The smallest absolute Gasteiger partial charge is 0.308 e. The summed E-state index contributed by atoms with van der Waals surface area (Å²) >= 11 is 0. The Balaban J connectivity index is 2.12. The molecule has 0 fully saturated rings. The van der Waals surface area contributed by atoms with Gasteiger partial charge in [0.2, 0.25) is 0 Å². The minimum atomic E-state index is -0.710. The minimum Gasteiger partial charge on any atom is -0.426 e. The van der Waals surface area contributed by atoms with Crippen LogP contribution in [0.15, 0.2) is 48.5 Å². The maximum atomic E-state index is 14.7. The van der Waals surface area contributed by atoms with Crippen molar-refractivity contribution in [3.63, 3.8) is 0 Å². The Labute approximate surface area is 199 Å². The van der Waals surface area contributed by atoms with Crippen molar-refractivity contribution < 1.29 is 41.8 Å². The van der Waals surface area contributed by atoms with E-state index >= 15 is 0 Å². The van der Waals surface area contributed by atoms with Crippen LogP contribution in [-0.4, -0.2) is 17.9 Å². The predicted molar refractivity (Wildman–Crippen MR) is 119 cm³/mol. The van der Waals surface area contributed by atoms with Gasteiger partial charge in [-0.05, 0) is 48.5 Å². The lowest BCUT2D eigenvalue weighted by atomic mass is 9.96. The molecule has 0 aliphatic rings. The second kappa shape index (κ2) is 10.9. The van der Waals surface area contributed by atoms with E-state index in [4.69, 9.17) is 14.2 Å². The van der Waals surface area contributed by atoms with Crippen LogP contribution < -0.4 is 14.2 Å². The Morgan fingerprint density at radius 2 is 0.943 bits per heavy atom. The van der Waals surface area contributed by atoms with E-state index in [1.807, 2.05) is 0 Å². The van der Waals surface area contributed by atoms with Gasteiger partial charge >= 0.3 is 17.9 Å². The van der Waals surface area contributed by atoms with Crippen molar-refractivity contribution in [3.05, 3.63) is 88.2 Å². The Bertz CT molecular complexity index is 1210. The summed E-state index contributed by atoms with van der Waals surface area (Å²) < 4.78 is 58.2. The van der Waals surface area contributed by atoms with Gasteiger partial charge in [-0.3, -0.25) is 14.4 Å². The van der Waals surface area contributed by atoms with Gasteiger partial charge in [0, 0.05) is 55.9 Å². The van der Waals surface area contributed by atoms with E-state index in [9.17, 15) is 27.6 Å². The monoisotopic (exact) mass is 486 g/mol. The Kier molecular flexibility index (Phi) is 7.91. The first kappa shape index (κ1) is 25.5.